The van der Waals surface area contributed by atoms with Crippen molar-refractivity contribution in [1.29, 1.82) is 0 Å². The number of rotatable bonds is 3. The van der Waals surface area contributed by atoms with Crippen LogP contribution in [0.15, 0.2) is 6.07 Å². The molecule has 0 radical (unpaired) electrons. The Balaban J connectivity index is 1.68. The van der Waals surface area contributed by atoms with Gasteiger partial charge >= 0.3 is 6.18 Å². The molecule has 1 amide bonds. The Morgan fingerprint density at radius 1 is 1.30 bits per heavy atom. The molecular formula is C15H20F3N3O2. The van der Waals surface area contributed by atoms with Crippen LogP contribution in [0.3, 0.4) is 0 Å². The standard InChI is InChI=1S/C15H20F3N3O2/c16-15(17,18)14(5-2-1-3-6-14)13(22)19-10-11-9-12-21(20-11)7-4-8-23-12/h9H,1-8,10H2,(H,19,22). The summed E-state index contributed by atoms with van der Waals surface area (Å²) in [4.78, 5) is 12.3. The van der Waals surface area contributed by atoms with E-state index in [4.69, 9.17) is 4.74 Å². The molecule has 2 heterocycles. The number of halogens is 3. The van der Waals surface area contributed by atoms with Crippen LogP contribution in [0.2, 0.25) is 0 Å². The Bertz CT molecular complexity index is 554. The first kappa shape index (κ1) is 16.1. The molecule has 0 bridgehead atoms. The second-order valence-electron chi connectivity index (χ2n) is 6.22. The number of aromatic nitrogens is 2. The average molecular weight is 331 g/mol. The van der Waals surface area contributed by atoms with E-state index in [-0.39, 0.29) is 19.4 Å². The predicted molar refractivity (Wildman–Crippen MR) is 75.8 cm³/mol. The van der Waals surface area contributed by atoms with E-state index in [1.54, 1.807) is 10.7 Å². The van der Waals surface area contributed by atoms with Crippen LogP contribution < -0.4 is 10.1 Å². The first-order chi connectivity index (χ1) is 10.9. The zero-order valence-electron chi connectivity index (χ0n) is 12.8. The van der Waals surface area contributed by atoms with Gasteiger partial charge in [0, 0.05) is 19.0 Å². The molecule has 1 aliphatic carbocycles. The zero-order valence-corrected chi connectivity index (χ0v) is 12.8. The molecule has 8 heteroatoms. The third-order valence-electron chi connectivity index (χ3n) is 4.67. The molecule has 1 aromatic heterocycles. The summed E-state index contributed by atoms with van der Waals surface area (Å²) in [5, 5.41) is 6.68. The van der Waals surface area contributed by atoms with Crippen LogP contribution in [0.4, 0.5) is 13.2 Å². The number of amides is 1. The molecule has 23 heavy (non-hydrogen) atoms. The summed E-state index contributed by atoms with van der Waals surface area (Å²) in [7, 11) is 0. The first-order valence-electron chi connectivity index (χ1n) is 7.97. The fraction of sp³-hybridized carbons (Fsp3) is 0.733. The molecule has 0 spiro atoms. The summed E-state index contributed by atoms with van der Waals surface area (Å²) < 4.78 is 47.5. The number of fused-ring (bicyclic) bond motifs is 1. The largest absolute Gasteiger partial charge is 0.478 e. The molecule has 0 aromatic carbocycles. The Kier molecular flexibility index (Phi) is 4.25. The van der Waals surface area contributed by atoms with Gasteiger partial charge in [-0.1, -0.05) is 19.3 Å². The lowest BCUT2D eigenvalue weighted by molar-refractivity contribution is -0.230. The molecule has 1 aromatic rings. The minimum atomic E-state index is -4.52. The van der Waals surface area contributed by atoms with Crippen molar-refractivity contribution in [3.8, 4) is 5.88 Å². The number of carbonyl (C=O) groups excluding carboxylic acids is 1. The molecule has 1 N–H and O–H groups in total. The normalized spacial score (nSPS) is 20.5. The third-order valence-corrected chi connectivity index (χ3v) is 4.67. The van der Waals surface area contributed by atoms with Crippen LogP contribution in [0.25, 0.3) is 0 Å². The van der Waals surface area contributed by atoms with Crippen molar-refractivity contribution in [2.24, 2.45) is 5.41 Å². The Morgan fingerprint density at radius 3 is 2.70 bits per heavy atom. The summed E-state index contributed by atoms with van der Waals surface area (Å²) >= 11 is 0. The second kappa shape index (κ2) is 6.05. The van der Waals surface area contributed by atoms with Gasteiger partial charge < -0.3 is 10.1 Å². The summed E-state index contributed by atoms with van der Waals surface area (Å²) in [6, 6.07) is 1.67. The maximum Gasteiger partial charge on any atom is 0.403 e. The van der Waals surface area contributed by atoms with Crippen LogP contribution >= 0.6 is 0 Å². The van der Waals surface area contributed by atoms with Crippen LogP contribution in [0.5, 0.6) is 5.88 Å². The van der Waals surface area contributed by atoms with E-state index in [0.29, 0.717) is 31.0 Å². The lowest BCUT2D eigenvalue weighted by Gasteiger charge is -2.37. The number of alkyl halides is 3. The predicted octanol–water partition coefficient (Wildman–Crippen LogP) is 2.79. The fourth-order valence-electron chi connectivity index (χ4n) is 3.34. The zero-order chi connectivity index (χ0) is 16.5. The number of ether oxygens (including phenoxy) is 1. The van der Waals surface area contributed by atoms with Gasteiger partial charge in [0.05, 0.1) is 18.8 Å². The van der Waals surface area contributed by atoms with Gasteiger partial charge in [-0.15, -0.1) is 0 Å². The van der Waals surface area contributed by atoms with E-state index >= 15 is 0 Å². The number of hydrogen-bond donors (Lipinski definition) is 1. The van der Waals surface area contributed by atoms with Crippen molar-refractivity contribution in [3.63, 3.8) is 0 Å². The van der Waals surface area contributed by atoms with Gasteiger partial charge in [0.15, 0.2) is 0 Å². The van der Waals surface area contributed by atoms with Crippen molar-refractivity contribution >= 4 is 5.91 Å². The molecule has 0 saturated heterocycles. The Hall–Kier alpha value is -1.73. The van der Waals surface area contributed by atoms with Gasteiger partial charge in [-0.25, -0.2) is 4.68 Å². The van der Waals surface area contributed by atoms with E-state index in [1.807, 2.05) is 0 Å². The van der Waals surface area contributed by atoms with Crippen molar-refractivity contribution in [2.45, 2.75) is 57.8 Å². The van der Waals surface area contributed by atoms with Gasteiger partial charge in [0.1, 0.15) is 5.41 Å². The topological polar surface area (TPSA) is 56.2 Å². The molecule has 2 aliphatic rings. The fourth-order valence-corrected chi connectivity index (χ4v) is 3.34. The molecule has 0 unspecified atom stereocenters. The van der Waals surface area contributed by atoms with Gasteiger partial charge in [0.2, 0.25) is 11.8 Å². The number of carbonyl (C=O) groups is 1. The van der Waals surface area contributed by atoms with Crippen LogP contribution in [-0.4, -0.2) is 28.5 Å². The molecular weight excluding hydrogens is 311 g/mol. The lowest BCUT2D eigenvalue weighted by atomic mass is 9.72. The minimum Gasteiger partial charge on any atom is -0.478 e. The van der Waals surface area contributed by atoms with E-state index < -0.39 is 17.5 Å². The number of aryl methyl sites for hydroxylation is 1. The lowest BCUT2D eigenvalue weighted by Crippen LogP contribution is -2.51. The third kappa shape index (κ3) is 3.03. The highest BCUT2D eigenvalue weighted by Gasteiger charge is 2.59. The molecule has 128 valence electrons. The van der Waals surface area contributed by atoms with Crippen LogP contribution in [0, 0.1) is 5.41 Å². The molecule has 1 fully saturated rings. The van der Waals surface area contributed by atoms with Crippen LogP contribution in [-0.2, 0) is 17.9 Å². The highest BCUT2D eigenvalue weighted by molar-refractivity contribution is 5.83. The highest BCUT2D eigenvalue weighted by Crippen LogP contribution is 2.49. The van der Waals surface area contributed by atoms with Gasteiger partial charge in [0.25, 0.3) is 0 Å². The summed E-state index contributed by atoms with van der Waals surface area (Å²) in [6.45, 7) is 1.31. The van der Waals surface area contributed by atoms with Crippen molar-refractivity contribution in [3.05, 3.63) is 11.8 Å². The monoisotopic (exact) mass is 331 g/mol. The summed E-state index contributed by atoms with van der Waals surface area (Å²) in [6.07, 6.45) is -2.34. The Morgan fingerprint density at radius 2 is 2.04 bits per heavy atom. The number of nitrogens with zero attached hydrogens (tertiary/aromatic N) is 2. The molecule has 1 aliphatic heterocycles. The van der Waals surface area contributed by atoms with Gasteiger partial charge in [-0.05, 0) is 12.8 Å². The smallest absolute Gasteiger partial charge is 0.403 e. The molecule has 3 rings (SSSR count). The maximum absolute atomic E-state index is 13.5. The summed E-state index contributed by atoms with van der Waals surface area (Å²) in [5.74, 6) is -0.333. The maximum atomic E-state index is 13.5. The second-order valence-corrected chi connectivity index (χ2v) is 6.22. The number of hydrogen-bond acceptors (Lipinski definition) is 3. The SMILES string of the molecule is O=C(NCc1cc2n(n1)CCCO2)C1(C(F)(F)F)CCCCC1. The van der Waals surface area contributed by atoms with Crippen LogP contribution in [0.1, 0.15) is 44.2 Å². The van der Waals surface area contributed by atoms with E-state index in [2.05, 4.69) is 10.4 Å². The average Bonchev–Trinajstić information content (AvgIpc) is 2.95. The first-order valence-corrected chi connectivity index (χ1v) is 7.97. The van der Waals surface area contributed by atoms with Gasteiger partial charge in [-0.3, -0.25) is 4.79 Å². The van der Waals surface area contributed by atoms with E-state index in [0.717, 1.165) is 19.4 Å². The number of nitrogens with one attached hydrogen (secondary N) is 1. The Labute approximate surface area is 132 Å². The summed E-state index contributed by atoms with van der Waals surface area (Å²) in [5.41, 5.74) is -1.73. The molecule has 1 saturated carbocycles. The van der Waals surface area contributed by atoms with Gasteiger partial charge in [-0.2, -0.15) is 18.3 Å². The van der Waals surface area contributed by atoms with Crippen molar-refractivity contribution < 1.29 is 22.7 Å². The minimum absolute atomic E-state index is 0.0139. The van der Waals surface area contributed by atoms with Crippen molar-refractivity contribution in [1.82, 2.24) is 15.1 Å². The molecule has 0 atom stereocenters. The quantitative estimate of drug-likeness (QED) is 0.927. The van der Waals surface area contributed by atoms with E-state index in [9.17, 15) is 18.0 Å². The van der Waals surface area contributed by atoms with E-state index in [1.165, 1.54) is 0 Å². The highest BCUT2D eigenvalue weighted by atomic mass is 19.4. The van der Waals surface area contributed by atoms with Crippen molar-refractivity contribution in [2.75, 3.05) is 6.61 Å². The molecule has 5 nitrogen and oxygen atoms in total.